The molecule has 1 atom stereocenters. The molecule has 0 saturated carbocycles. The van der Waals surface area contributed by atoms with Crippen LogP contribution in [0.15, 0.2) is 27.4 Å². The van der Waals surface area contributed by atoms with Crippen LogP contribution in [0.25, 0.3) is 11.1 Å². The van der Waals surface area contributed by atoms with Gasteiger partial charge < -0.3 is 14.8 Å². The molecule has 6 nitrogen and oxygen atoms in total. The summed E-state index contributed by atoms with van der Waals surface area (Å²) in [6, 6.07) is 5.09. The van der Waals surface area contributed by atoms with E-state index in [9.17, 15) is 9.59 Å². The summed E-state index contributed by atoms with van der Waals surface area (Å²) in [4.78, 5) is 23.8. The summed E-state index contributed by atoms with van der Waals surface area (Å²) in [5.74, 6) is -0.524. The Kier molecular flexibility index (Phi) is 4.80. The lowest BCUT2D eigenvalue weighted by atomic mass is 10.0. The van der Waals surface area contributed by atoms with Gasteiger partial charge in [-0.2, -0.15) is 0 Å². The molecule has 0 radical (unpaired) electrons. The van der Waals surface area contributed by atoms with Gasteiger partial charge >= 0.3 is 5.76 Å². The third-order valence-corrected chi connectivity index (χ3v) is 3.73. The van der Waals surface area contributed by atoms with E-state index in [0.29, 0.717) is 29.6 Å². The van der Waals surface area contributed by atoms with Crippen molar-refractivity contribution < 1.29 is 14.3 Å². The number of oxazole rings is 1. The maximum Gasteiger partial charge on any atom is 0.419 e. The van der Waals surface area contributed by atoms with Gasteiger partial charge in [-0.25, -0.2) is 4.79 Å². The number of nitrogens with zero attached hydrogens (tertiary/aromatic N) is 1. The Morgan fingerprint density at radius 3 is 2.90 bits per heavy atom. The number of aliphatic hydroxyl groups excluding tert-OH is 1. The van der Waals surface area contributed by atoms with Gasteiger partial charge in [0.25, 0.3) is 5.91 Å². The van der Waals surface area contributed by atoms with Crippen molar-refractivity contribution in [3.05, 3.63) is 34.3 Å². The molecule has 0 aliphatic heterocycles. The lowest BCUT2D eigenvalue weighted by Crippen LogP contribution is -2.29. The zero-order valence-corrected chi connectivity index (χ0v) is 12.3. The van der Waals surface area contributed by atoms with Crippen molar-refractivity contribution in [2.24, 2.45) is 13.0 Å². The number of rotatable bonds is 6. The molecule has 2 rings (SSSR count). The molecular formula is C15H20N2O4. The van der Waals surface area contributed by atoms with Gasteiger partial charge in [0, 0.05) is 20.2 Å². The standard InChI is InChI=1S/C15H20N2O4/c1-3-10(7-8-18)9-16-14(19)11-5-4-6-12-13(11)21-15(20)17(12)2/h4-6,10,18H,3,7-9H2,1-2H3,(H,16,19). The van der Waals surface area contributed by atoms with Gasteiger partial charge in [-0.1, -0.05) is 19.4 Å². The number of aliphatic hydroxyl groups is 1. The predicted octanol–water partition coefficient (Wildman–Crippen LogP) is 1.27. The van der Waals surface area contributed by atoms with Crippen LogP contribution in [-0.4, -0.2) is 28.7 Å². The molecule has 114 valence electrons. The van der Waals surface area contributed by atoms with Crippen LogP contribution in [-0.2, 0) is 7.05 Å². The molecule has 0 aliphatic rings. The Morgan fingerprint density at radius 1 is 1.48 bits per heavy atom. The van der Waals surface area contributed by atoms with Gasteiger partial charge in [-0.05, 0) is 24.5 Å². The fourth-order valence-electron chi connectivity index (χ4n) is 2.29. The molecule has 0 aliphatic carbocycles. The maximum atomic E-state index is 12.3. The van der Waals surface area contributed by atoms with Crippen LogP contribution in [0.5, 0.6) is 0 Å². The molecule has 1 amide bonds. The third-order valence-electron chi connectivity index (χ3n) is 3.73. The van der Waals surface area contributed by atoms with E-state index in [-0.39, 0.29) is 18.4 Å². The summed E-state index contributed by atoms with van der Waals surface area (Å²) < 4.78 is 6.51. The average Bonchev–Trinajstić information content (AvgIpc) is 2.78. The third kappa shape index (κ3) is 3.16. The van der Waals surface area contributed by atoms with Crippen LogP contribution < -0.4 is 11.1 Å². The van der Waals surface area contributed by atoms with Crippen molar-refractivity contribution in [2.45, 2.75) is 19.8 Å². The first-order chi connectivity index (χ1) is 10.1. The van der Waals surface area contributed by atoms with Gasteiger partial charge in [-0.3, -0.25) is 9.36 Å². The average molecular weight is 292 g/mol. The van der Waals surface area contributed by atoms with Crippen LogP contribution in [0, 0.1) is 5.92 Å². The van der Waals surface area contributed by atoms with Gasteiger partial charge in [0.2, 0.25) is 0 Å². The first-order valence-electron chi connectivity index (χ1n) is 7.06. The summed E-state index contributed by atoms with van der Waals surface area (Å²) in [5.41, 5.74) is 1.25. The fourth-order valence-corrected chi connectivity index (χ4v) is 2.29. The fraction of sp³-hybridized carbons (Fsp3) is 0.467. The number of aromatic nitrogens is 1. The summed E-state index contributed by atoms with van der Waals surface area (Å²) in [5, 5.41) is 11.8. The summed E-state index contributed by atoms with van der Waals surface area (Å²) in [6.45, 7) is 2.62. The maximum absolute atomic E-state index is 12.3. The molecular weight excluding hydrogens is 272 g/mol. The Morgan fingerprint density at radius 2 is 2.24 bits per heavy atom. The lowest BCUT2D eigenvalue weighted by Gasteiger charge is -2.14. The molecule has 0 bridgehead atoms. The van der Waals surface area contributed by atoms with Crippen LogP contribution in [0.3, 0.4) is 0 Å². The van der Waals surface area contributed by atoms with Gasteiger partial charge in [0.15, 0.2) is 5.58 Å². The topological polar surface area (TPSA) is 84.5 Å². The minimum atomic E-state index is -0.489. The molecule has 21 heavy (non-hydrogen) atoms. The van der Waals surface area contributed by atoms with E-state index >= 15 is 0 Å². The molecule has 2 aromatic rings. The van der Waals surface area contributed by atoms with Gasteiger partial charge in [-0.15, -0.1) is 0 Å². The smallest absolute Gasteiger partial charge is 0.407 e. The van der Waals surface area contributed by atoms with E-state index in [4.69, 9.17) is 9.52 Å². The quantitative estimate of drug-likeness (QED) is 0.839. The number of fused-ring (bicyclic) bond motifs is 1. The van der Waals surface area contributed by atoms with Crippen molar-refractivity contribution in [2.75, 3.05) is 13.2 Å². The van der Waals surface area contributed by atoms with Crippen molar-refractivity contribution in [1.29, 1.82) is 0 Å². The molecule has 0 fully saturated rings. The van der Waals surface area contributed by atoms with E-state index in [1.54, 1.807) is 25.2 Å². The molecule has 0 spiro atoms. The van der Waals surface area contributed by atoms with Crippen molar-refractivity contribution >= 4 is 17.0 Å². The van der Waals surface area contributed by atoms with Crippen LogP contribution in [0.4, 0.5) is 0 Å². The summed E-state index contributed by atoms with van der Waals surface area (Å²) >= 11 is 0. The van der Waals surface area contributed by atoms with E-state index < -0.39 is 5.76 Å². The highest BCUT2D eigenvalue weighted by Gasteiger charge is 2.16. The molecule has 1 aromatic heterocycles. The van der Waals surface area contributed by atoms with Crippen molar-refractivity contribution in [3.8, 4) is 0 Å². The highest BCUT2D eigenvalue weighted by Crippen LogP contribution is 2.17. The van der Waals surface area contributed by atoms with E-state index in [2.05, 4.69) is 5.32 Å². The molecule has 0 saturated heterocycles. The van der Waals surface area contributed by atoms with Gasteiger partial charge in [0.05, 0.1) is 11.1 Å². The predicted molar refractivity (Wildman–Crippen MR) is 79.3 cm³/mol. The first kappa shape index (κ1) is 15.3. The molecule has 1 aromatic carbocycles. The monoisotopic (exact) mass is 292 g/mol. The number of benzene rings is 1. The second kappa shape index (κ2) is 6.58. The minimum Gasteiger partial charge on any atom is -0.407 e. The molecule has 1 unspecified atom stereocenters. The van der Waals surface area contributed by atoms with Gasteiger partial charge in [0.1, 0.15) is 0 Å². The largest absolute Gasteiger partial charge is 0.419 e. The number of hydrogen-bond donors (Lipinski definition) is 2. The number of para-hydroxylation sites is 1. The number of carbonyl (C=O) groups excluding carboxylic acids is 1. The first-order valence-corrected chi connectivity index (χ1v) is 7.06. The summed E-state index contributed by atoms with van der Waals surface area (Å²) in [7, 11) is 1.60. The zero-order chi connectivity index (χ0) is 15.4. The molecule has 2 N–H and O–H groups in total. The Bertz CT molecular complexity index is 687. The summed E-state index contributed by atoms with van der Waals surface area (Å²) in [6.07, 6.45) is 1.53. The second-order valence-corrected chi connectivity index (χ2v) is 5.08. The highest BCUT2D eigenvalue weighted by atomic mass is 16.4. The second-order valence-electron chi connectivity index (χ2n) is 5.08. The number of nitrogens with one attached hydrogen (secondary N) is 1. The highest BCUT2D eigenvalue weighted by molar-refractivity contribution is 6.04. The van der Waals surface area contributed by atoms with E-state index in [1.807, 2.05) is 6.92 Å². The van der Waals surface area contributed by atoms with Crippen molar-refractivity contribution in [3.63, 3.8) is 0 Å². The zero-order valence-electron chi connectivity index (χ0n) is 12.3. The number of amides is 1. The Labute approximate surface area is 122 Å². The Hall–Kier alpha value is -2.08. The normalized spacial score (nSPS) is 12.5. The molecule has 1 heterocycles. The van der Waals surface area contributed by atoms with Crippen molar-refractivity contribution in [1.82, 2.24) is 9.88 Å². The minimum absolute atomic E-state index is 0.109. The van der Waals surface area contributed by atoms with E-state index in [0.717, 1.165) is 6.42 Å². The lowest BCUT2D eigenvalue weighted by molar-refractivity contribution is 0.0944. The Balaban J connectivity index is 2.20. The number of hydrogen-bond acceptors (Lipinski definition) is 4. The van der Waals surface area contributed by atoms with Crippen LogP contribution in [0.1, 0.15) is 30.1 Å². The molecule has 6 heteroatoms. The number of aryl methyl sites for hydroxylation is 1. The van der Waals surface area contributed by atoms with Crippen LogP contribution >= 0.6 is 0 Å². The van der Waals surface area contributed by atoms with E-state index in [1.165, 1.54) is 4.57 Å². The SMILES string of the molecule is CCC(CCO)CNC(=O)c1cccc2c1oc(=O)n2C. The van der Waals surface area contributed by atoms with Crippen LogP contribution in [0.2, 0.25) is 0 Å². The number of carbonyl (C=O) groups is 1.